The highest BCUT2D eigenvalue weighted by Crippen LogP contribution is 2.24. The van der Waals surface area contributed by atoms with Crippen LogP contribution >= 0.6 is 11.5 Å². The van der Waals surface area contributed by atoms with Gasteiger partial charge in [-0.25, -0.2) is 4.79 Å². The fraction of sp³-hybridized carbons (Fsp3) is 0.500. The van der Waals surface area contributed by atoms with Crippen LogP contribution in [0.3, 0.4) is 0 Å². The molecule has 0 aliphatic carbocycles. The summed E-state index contributed by atoms with van der Waals surface area (Å²) in [5.74, 6) is -0.307. The Labute approximate surface area is 81.1 Å². The standard InChI is InChI=1S/C8H12N2O2S/c1-4-12-8(11)6-5(2)10-13-7(6)9-3/h9H,4H2,1-3H3. The zero-order chi connectivity index (χ0) is 9.84. The average molecular weight is 200 g/mol. The molecule has 0 radical (unpaired) electrons. The molecule has 0 bridgehead atoms. The van der Waals surface area contributed by atoms with Gasteiger partial charge in [-0.15, -0.1) is 0 Å². The van der Waals surface area contributed by atoms with Gasteiger partial charge in [-0.3, -0.25) is 0 Å². The van der Waals surface area contributed by atoms with E-state index in [9.17, 15) is 4.79 Å². The van der Waals surface area contributed by atoms with Crippen LogP contribution < -0.4 is 5.32 Å². The summed E-state index contributed by atoms with van der Waals surface area (Å²) in [4.78, 5) is 11.4. The topological polar surface area (TPSA) is 51.2 Å². The predicted molar refractivity (Wildman–Crippen MR) is 52.4 cm³/mol. The molecule has 0 amide bonds. The first-order valence-electron chi connectivity index (χ1n) is 4.01. The summed E-state index contributed by atoms with van der Waals surface area (Å²) < 4.78 is 8.97. The van der Waals surface area contributed by atoms with Crippen molar-refractivity contribution in [2.24, 2.45) is 0 Å². The zero-order valence-electron chi connectivity index (χ0n) is 7.88. The van der Waals surface area contributed by atoms with E-state index in [-0.39, 0.29) is 5.97 Å². The number of hydrogen-bond acceptors (Lipinski definition) is 5. The summed E-state index contributed by atoms with van der Waals surface area (Å²) in [5.41, 5.74) is 1.27. The van der Waals surface area contributed by atoms with E-state index < -0.39 is 0 Å². The first-order chi connectivity index (χ1) is 6.20. The van der Waals surface area contributed by atoms with Gasteiger partial charge in [0.25, 0.3) is 0 Å². The van der Waals surface area contributed by atoms with Crippen molar-refractivity contribution < 1.29 is 9.53 Å². The van der Waals surface area contributed by atoms with Crippen LogP contribution in [0.1, 0.15) is 23.0 Å². The number of aryl methyl sites for hydroxylation is 1. The first-order valence-corrected chi connectivity index (χ1v) is 4.79. The highest BCUT2D eigenvalue weighted by atomic mass is 32.1. The van der Waals surface area contributed by atoms with Gasteiger partial charge in [-0.2, -0.15) is 4.37 Å². The van der Waals surface area contributed by atoms with Gasteiger partial charge in [0.15, 0.2) is 0 Å². The molecule has 0 fully saturated rings. The molecule has 0 atom stereocenters. The van der Waals surface area contributed by atoms with Crippen LogP contribution in [0.2, 0.25) is 0 Å². The van der Waals surface area contributed by atoms with Crippen LogP contribution in [0.4, 0.5) is 5.00 Å². The van der Waals surface area contributed by atoms with Gasteiger partial charge in [0.2, 0.25) is 0 Å². The van der Waals surface area contributed by atoms with Crippen molar-refractivity contribution in [2.45, 2.75) is 13.8 Å². The smallest absolute Gasteiger partial charge is 0.343 e. The van der Waals surface area contributed by atoms with E-state index in [0.29, 0.717) is 17.9 Å². The maximum absolute atomic E-state index is 11.4. The molecule has 0 aliphatic rings. The predicted octanol–water partition coefficient (Wildman–Crippen LogP) is 1.67. The Morgan fingerprint density at radius 2 is 2.38 bits per heavy atom. The van der Waals surface area contributed by atoms with E-state index in [1.807, 2.05) is 0 Å². The monoisotopic (exact) mass is 200 g/mol. The summed E-state index contributed by atoms with van der Waals surface area (Å²) in [6.45, 7) is 3.97. The second-order valence-electron chi connectivity index (χ2n) is 2.44. The number of esters is 1. The molecular formula is C8H12N2O2S. The van der Waals surface area contributed by atoms with E-state index in [0.717, 1.165) is 5.00 Å². The summed E-state index contributed by atoms with van der Waals surface area (Å²) in [7, 11) is 1.76. The Hall–Kier alpha value is -1.10. The highest BCUT2D eigenvalue weighted by Gasteiger charge is 2.18. The van der Waals surface area contributed by atoms with Gasteiger partial charge >= 0.3 is 5.97 Å². The van der Waals surface area contributed by atoms with Gasteiger partial charge in [0.1, 0.15) is 10.6 Å². The van der Waals surface area contributed by atoms with Crippen LogP contribution in [-0.2, 0) is 4.74 Å². The van der Waals surface area contributed by atoms with Crippen LogP contribution in [0, 0.1) is 6.92 Å². The number of ether oxygens (including phenoxy) is 1. The number of carbonyl (C=O) groups excluding carboxylic acids is 1. The Balaban J connectivity index is 2.96. The normalized spacial score (nSPS) is 9.77. The largest absolute Gasteiger partial charge is 0.462 e. The molecular weight excluding hydrogens is 188 g/mol. The summed E-state index contributed by atoms with van der Waals surface area (Å²) in [5, 5.41) is 3.67. The molecule has 4 nitrogen and oxygen atoms in total. The van der Waals surface area contributed by atoms with Crippen LogP contribution in [0.15, 0.2) is 0 Å². The van der Waals surface area contributed by atoms with Gasteiger partial charge < -0.3 is 10.1 Å². The molecule has 1 aromatic rings. The number of nitrogens with one attached hydrogen (secondary N) is 1. The molecule has 0 saturated heterocycles. The molecule has 0 aromatic carbocycles. The quantitative estimate of drug-likeness (QED) is 0.754. The van der Waals surface area contributed by atoms with Crippen LogP contribution in [-0.4, -0.2) is 24.0 Å². The average Bonchev–Trinajstić information content (AvgIpc) is 2.47. The molecule has 0 spiro atoms. The van der Waals surface area contributed by atoms with Crippen LogP contribution in [0.5, 0.6) is 0 Å². The molecule has 1 aromatic heterocycles. The van der Waals surface area contributed by atoms with Crippen molar-refractivity contribution in [1.82, 2.24) is 4.37 Å². The molecule has 72 valence electrons. The fourth-order valence-corrected chi connectivity index (χ4v) is 1.72. The van der Waals surface area contributed by atoms with Crippen molar-refractivity contribution >= 4 is 22.5 Å². The highest BCUT2D eigenvalue weighted by molar-refractivity contribution is 7.10. The SMILES string of the molecule is CCOC(=O)c1c(C)nsc1NC. The van der Waals surface area contributed by atoms with Crippen molar-refractivity contribution in [3.8, 4) is 0 Å². The number of rotatable bonds is 3. The van der Waals surface area contributed by atoms with E-state index in [1.54, 1.807) is 20.9 Å². The van der Waals surface area contributed by atoms with Gasteiger partial charge in [0.05, 0.1) is 12.3 Å². The molecule has 0 saturated carbocycles. The van der Waals surface area contributed by atoms with E-state index >= 15 is 0 Å². The molecule has 1 heterocycles. The molecule has 13 heavy (non-hydrogen) atoms. The lowest BCUT2D eigenvalue weighted by Gasteiger charge is -2.02. The van der Waals surface area contributed by atoms with E-state index in [1.165, 1.54) is 11.5 Å². The van der Waals surface area contributed by atoms with Crippen molar-refractivity contribution in [3.05, 3.63) is 11.3 Å². The van der Waals surface area contributed by atoms with E-state index in [4.69, 9.17) is 4.74 Å². The molecule has 0 aliphatic heterocycles. The second kappa shape index (κ2) is 4.23. The molecule has 1 N–H and O–H groups in total. The first kappa shape index (κ1) is 9.98. The van der Waals surface area contributed by atoms with Gasteiger partial charge in [-0.05, 0) is 25.4 Å². The lowest BCUT2D eigenvalue weighted by Crippen LogP contribution is -2.07. The Morgan fingerprint density at radius 1 is 1.69 bits per heavy atom. The summed E-state index contributed by atoms with van der Waals surface area (Å²) >= 11 is 1.27. The Kier molecular flexibility index (Phi) is 3.25. The van der Waals surface area contributed by atoms with Gasteiger partial charge in [0, 0.05) is 7.05 Å². The second-order valence-corrected chi connectivity index (χ2v) is 3.22. The number of anilines is 1. The minimum atomic E-state index is -0.307. The zero-order valence-corrected chi connectivity index (χ0v) is 8.70. The lowest BCUT2D eigenvalue weighted by atomic mass is 10.2. The number of aromatic nitrogens is 1. The third-order valence-electron chi connectivity index (χ3n) is 1.57. The number of hydrogen-bond donors (Lipinski definition) is 1. The summed E-state index contributed by atoms with van der Waals surface area (Å²) in [6, 6.07) is 0. The number of carbonyl (C=O) groups is 1. The third-order valence-corrected chi connectivity index (χ3v) is 2.53. The lowest BCUT2D eigenvalue weighted by molar-refractivity contribution is 0.0527. The van der Waals surface area contributed by atoms with Crippen molar-refractivity contribution in [3.63, 3.8) is 0 Å². The van der Waals surface area contributed by atoms with E-state index in [2.05, 4.69) is 9.69 Å². The van der Waals surface area contributed by atoms with Gasteiger partial charge in [-0.1, -0.05) is 0 Å². The third kappa shape index (κ3) is 1.98. The molecule has 0 unspecified atom stereocenters. The minimum absolute atomic E-state index is 0.307. The Bertz CT molecular complexity index is 309. The maximum atomic E-state index is 11.4. The molecule has 1 rings (SSSR count). The number of nitrogens with zero attached hydrogens (tertiary/aromatic N) is 1. The van der Waals surface area contributed by atoms with Crippen LogP contribution in [0.25, 0.3) is 0 Å². The maximum Gasteiger partial charge on any atom is 0.343 e. The Morgan fingerprint density at radius 3 is 2.92 bits per heavy atom. The fourth-order valence-electron chi connectivity index (χ4n) is 0.984. The van der Waals surface area contributed by atoms with Crippen molar-refractivity contribution in [1.29, 1.82) is 0 Å². The summed E-state index contributed by atoms with van der Waals surface area (Å²) in [6.07, 6.45) is 0. The van der Waals surface area contributed by atoms with Crippen molar-refractivity contribution in [2.75, 3.05) is 19.0 Å². The minimum Gasteiger partial charge on any atom is -0.462 e. The molecule has 5 heteroatoms.